The fourth-order valence-corrected chi connectivity index (χ4v) is 1.76. The number of nitrogens with zero attached hydrogens (tertiary/aromatic N) is 3. The predicted octanol–water partition coefficient (Wildman–Crippen LogP) is 1.83. The average molecular weight is 270 g/mol. The molecule has 7 heteroatoms. The SMILES string of the molecule is CCCNCCOc1c([N+](=O)[O-])c(C(C)C)nn1C. The van der Waals surface area contributed by atoms with Crippen LogP contribution in [0.5, 0.6) is 5.88 Å². The number of rotatable bonds is 8. The number of hydrogen-bond acceptors (Lipinski definition) is 5. The summed E-state index contributed by atoms with van der Waals surface area (Å²) >= 11 is 0. The van der Waals surface area contributed by atoms with E-state index in [9.17, 15) is 10.1 Å². The van der Waals surface area contributed by atoms with E-state index in [0.717, 1.165) is 13.0 Å². The van der Waals surface area contributed by atoms with Crippen LogP contribution in [0.15, 0.2) is 0 Å². The summed E-state index contributed by atoms with van der Waals surface area (Å²) in [6.45, 7) is 7.79. The Labute approximate surface area is 113 Å². The summed E-state index contributed by atoms with van der Waals surface area (Å²) in [5.74, 6) is 0.217. The number of aromatic nitrogens is 2. The molecule has 1 aromatic rings. The molecular weight excluding hydrogens is 248 g/mol. The second-order valence-corrected chi connectivity index (χ2v) is 4.67. The maximum Gasteiger partial charge on any atom is 0.353 e. The largest absolute Gasteiger partial charge is 0.472 e. The van der Waals surface area contributed by atoms with Crippen LogP contribution in [-0.2, 0) is 7.05 Å². The molecule has 0 amide bonds. The van der Waals surface area contributed by atoms with Crippen LogP contribution in [0.1, 0.15) is 38.8 Å². The van der Waals surface area contributed by atoms with Gasteiger partial charge in [0.1, 0.15) is 12.3 Å². The van der Waals surface area contributed by atoms with Gasteiger partial charge in [0.25, 0.3) is 5.88 Å². The second kappa shape index (κ2) is 7.08. The number of nitrogens with one attached hydrogen (secondary N) is 1. The highest BCUT2D eigenvalue weighted by Crippen LogP contribution is 2.34. The van der Waals surface area contributed by atoms with Crippen molar-refractivity contribution >= 4 is 5.69 Å². The van der Waals surface area contributed by atoms with E-state index in [1.807, 2.05) is 13.8 Å². The summed E-state index contributed by atoms with van der Waals surface area (Å²) < 4.78 is 6.94. The van der Waals surface area contributed by atoms with E-state index < -0.39 is 4.92 Å². The van der Waals surface area contributed by atoms with E-state index in [1.165, 1.54) is 4.68 Å². The van der Waals surface area contributed by atoms with Crippen molar-refractivity contribution in [1.29, 1.82) is 0 Å². The Kier molecular flexibility index (Phi) is 5.75. The lowest BCUT2D eigenvalue weighted by atomic mass is 10.1. The van der Waals surface area contributed by atoms with Gasteiger partial charge in [0.15, 0.2) is 0 Å². The molecule has 0 aliphatic rings. The molecule has 0 fully saturated rings. The fourth-order valence-electron chi connectivity index (χ4n) is 1.76. The molecule has 0 bridgehead atoms. The van der Waals surface area contributed by atoms with Crippen LogP contribution >= 0.6 is 0 Å². The van der Waals surface area contributed by atoms with E-state index in [2.05, 4.69) is 17.3 Å². The molecule has 19 heavy (non-hydrogen) atoms. The standard InChI is InChI=1S/C12H22N4O3/c1-5-6-13-7-8-19-12-11(16(17)18)10(9(2)3)14-15(12)4/h9,13H,5-8H2,1-4H3. The molecule has 0 spiro atoms. The lowest BCUT2D eigenvalue weighted by Gasteiger charge is -2.06. The van der Waals surface area contributed by atoms with Gasteiger partial charge < -0.3 is 10.1 Å². The summed E-state index contributed by atoms with van der Waals surface area (Å²) in [5.41, 5.74) is 0.442. The molecule has 0 saturated carbocycles. The molecular formula is C12H22N4O3. The lowest BCUT2D eigenvalue weighted by Crippen LogP contribution is -2.22. The van der Waals surface area contributed by atoms with Gasteiger partial charge in [0.2, 0.25) is 0 Å². The Hall–Kier alpha value is -1.63. The third-order valence-corrected chi connectivity index (χ3v) is 2.67. The van der Waals surface area contributed by atoms with Gasteiger partial charge in [0, 0.05) is 19.5 Å². The van der Waals surface area contributed by atoms with Crippen LogP contribution in [-0.4, -0.2) is 34.4 Å². The molecule has 0 aliphatic carbocycles. The molecule has 1 heterocycles. The zero-order valence-electron chi connectivity index (χ0n) is 12.0. The molecule has 0 aromatic carbocycles. The summed E-state index contributed by atoms with van der Waals surface area (Å²) in [5, 5.41) is 18.5. The van der Waals surface area contributed by atoms with Gasteiger partial charge in [0.05, 0.1) is 4.92 Å². The monoisotopic (exact) mass is 270 g/mol. The lowest BCUT2D eigenvalue weighted by molar-refractivity contribution is -0.386. The van der Waals surface area contributed by atoms with Crippen LogP contribution in [0.2, 0.25) is 0 Å². The maximum absolute atomic E-state index is 11.2. The Bertz CT molecular complexity index is 429. The van der Waals surface area contributed by atoms with Crippen LogP contribution in [0.3, 0.4) is 0 Å². The van der Waals surface area contributed by atoms with Gasteiger partial charge in [-0.1, -0.05) is 20.8 Å². The van der Waals surface area contributed by atoms with Crippen molar-refractivity contribution < 1.29 is 9.66 Å². The maximum atomic E-state index is 11.2. The highest BCUT2D eigenvalue weighted by molar-refractivity contribution is 5.47. The quantitative estimate of drug-likeness (QED) is 0.442. The number of aryl methyl sites for hydroxylation is 1. The molecule has 1 rings (SSSR count). The van der Waals surface area contributed by atoms with E-state index in [4.69, 9.17) is 4.74 Å². The topological polar surface area (TPSA) is 82.2 Å². The van der Waals surface area contributed by atoms with E-state index in [-0.39, 0.29) is 17.5 Å². The molecule has 1 N–H and O–H groups in total. The Morgan fingerprint density at radius 1 is 1.47 bits per heavy atom. The zero-order valence-corrected chi connectivity index (χ0v) is 12.0. The molecule has 0 atom stereocenters. The summed E-state index contributed by atoms with van der Waals surface area (Å²) in [4.78, 5) is 10.7. The average Bonchev–Trinajstić information content (AvgIpc) is 2.67. The molecule has 7 nitrogen and oxygen atoms in total. The summed E-state index contributed by atoms with van der Waals surface area (Å²) in [7, 11) is 1.66. The zero-order chi connectivity index (χ0) is 14.4. The first-order chi connectivity index (χ1) is 8.99. The van der Waals surface area contributed by atoms with E-state index in [0.29, 0.717) is 18.8 Å². The van der Waals surface area contributed by atoms with Crippen molar-refractivity contribution in [2.24, 2.45) is 7.05 Å². The van der Waals surface area contributed by atoms with Gasteiger partial charge in [-0.15, -0.1) is 0 Å². The van der Waals surface area contributed by atoms with Gasteiger partial charge >= 0.3 is 5.69 Å². The summed E-state index contributed by atoms with van der Waals surface area (Å²) in [6.07, 6.45) is 1.04. The molecule has 0 aliphatic heterocycles. The minimum Gasteiger partial charge on any atom is -0.472 e. The molecule has 0 saturated heterocycles. The van der Waals surface area contributed by atoms with Gasteiger partial charge in [-0.3, -0.25) is 10.1 Å². The number of nitro groups is 1. The first-order valence-corrected chi connectivity index (χ1v) is 6.53. The van der Waals surface area contributed by atoms with Crippen molar-refractivity contribution in [1.82, 2.24) is 15.1 Å². The Morgan fingerprint density at radius 3 is 2.68 bits per heavy atom. The first-order valence-electron chi connectivity index (χ1n) is 6.53. The van der Waals surface area contributed by atoms with Gasteiger partial charge in [-0.25, -0.2) is 4.68 Å². The minimum absolute atomic E-state index is 0.0119. The Balaban J connectivity index is 2.79. The molecule has 0 radical (unpaired) electrons. The summed E-state index contributed by atoms with van der Waals surface area (Å²) in [6, 6.07) is 0. The van der Waals surface area contributed by atoms with Crippen LogP contribution in [0, 0.1) is 10.1 Å². The van der Waals surface area contributed by atoms with Gasteiger partial charge in [-0.2, -0.15) is 5.10 Å². The van der Waals surface area contributed by atoms with Crippen LogP contribution in [0.25, 0.3) is 0 Å². The van der Waals surface area contributed by atoms with Crippen molar-refractivity contribution in [3.63, 3.8) is 0 Å². The van der Waals surface area contributed by atoms with Gasteiger partial charge in [-0.05, 0) is 13.0 Å². The van der Waals surface area contributed by atoms with E-state index >= 15 is 0 Å². The fraction of sp³-hybridized carbons (Fsp3) is 0.750. The van der Waals surface area contributed by atoms with Crippen LogP contribution < -0.4 is 10.1 Å². The highest BCUT2D eigenvalue weighted by Gasteiger charge is 2.29. The number of hydrogen-bond donors (Lipinski definition) is 1. The minimum atomic E-state index is -0.420. The first kappa shape index (κ1) is 15.4. The van der Waals surface area contributed by atoms with Crippen molar-refractivity contribution in [3.8, 4) is 5.88 Å². The van der Waals surface area contributed by atoms with Crippen molar-refractivity contribution in [2.45, 2.75) is 33.1 Å². The molecule has 108 valence electrons. The third-order valence-electron chi connectivity index (χ3n) is 2.67. The van der Waals surface area contributed by atoms with Crippen molar-refractivity contribution in [3.05, 3.63) is 15.8 Å². The Morgan fingerprint density at radius 2 is 2.16 bits per heavy atom. The van der Waals surface area contributed by atoms with Crippen LogP contribution in [0.4, 0.5) is 5.69 Å². The highest BCUT2D eigenvalue weighted by atomic mass is 16.6. The second-order valence-electron chi connectivity index (χ2n) is 4.67. The smallest absolute Gasteiger partial charge is 0.353 e. The van der Waals surface area contributed by atoms with E-state index in [1.54, 1.807) is 7.05 Å². The molecule has 1 aromatic heterocycles. The normalized spacial score (nSPS) is 11.0. The predicted molar refractivity (Wildman–Crippen MR) is 72.6 cm³/mol. The number of ether oxygens (including phenoxy) is 1. The third kappa shape index (κ3) is 3.92. The van der Waals surface area contributed by atoms with Crippen molar-refractivity contribution in [2.75, 3.05) is 19.7 Å². The molecule has 0 unspecified atom stereocenters.